The minimum Gasteiger partial charge on any atom is -0.481 e. The van der Waals surface area contributed by atoms with E-state index >= 15 is 0 Å². The fraction of sp³-hybridized carbons (Fsp3) is 0.100. The van der Waals surface area contributed by atoms with Crippen molar-refractivity contribution in [3.05, 3.63) is 71.1 Å². The zero-order chi connectivity index (χ0) is 18.8. The van der Waals surface area contributed by atoms with Crippen molar-refractivity contribution in [3.63, 3.8) is 0 Å². The van der Waals surface area contributed by atoms with Crippen molar-refractivity contribution in [2.75, 3.05) is 0 Å². The molecule has 0 radical (unpaired) electrons. The fourth-order valence-corrected chi connectivity index (χ4v) is 3.89. The number of aliphatic carboxylic acids is 1. The van der Waals surface area contributed by atoms with E-state index < -0.39 is 5.97 Å². The van der Waals surface area contributed by atoms with Gasteiger partial charge >= 0.3 is 5.97 Å². The summed E-state index contributed by atoms with van der Waals surface area (Å²) in [4.78, 5) is 34.6. The molecule has 7 heteroatoms. The lowest BCUT2D eigenvalue weighted by Crippen LogP contribution is -2.24. The van der Waals surface area contributed by atoms with Gasteiger partial charge in [-0.05, 0) is 23.8 Å². The number of hydrogen-bond acceptors (Lipinski definition) is 5. The highest BCUT2D eigenvalue weighted by Crippen LogP contribution is 2.32. The minimum atomic E-state index is -0.968. The second-order valence-corrected chi connectivity index (χ2v) is 6.98. The van der Waals surface area contributed by atoms with E-state index in [-0.39, 0.29) is 18.5 Å². The zero-order valence-corrected chi connectivity index (χ0v) is 15.0. The SMILES string of the molecule is O=C(O)CCn1c(-c2ccccn2)nc2sc(-c3ccccc3)cc2c1=O. The van der Waals surface area contributed by atoms with Crippen molar-refractivity contribution in [2.24, 2.45) is 0 Å². The highest BCUT2D eigenvalue weighted by atomic mass is 32.1. The van der Waals surface area contributed by atoms with Crippen molar-refractivity contribution in [2.45, 2.75) is 13.0 Å². The third-order valence-corrected chi connectivity index (χ3v) is 5.23. The van der Waals surface area contributed by atoms with Crippen LogP contribution in [0.4, 0.5) is 0 Å². The molecule has 27 heavy (non-hydrogen) atoms. The molecule has 1 N–H and O–H groups in total. The van der Waals surface area contributed by atoms with Crippen molar-refractivity contribution >= 4 is 27.5 Å². The number of pyridine rings is 1. The molecular formula is C20H15N3O3S. The summed E-state index contributed by atoms with van der Waals surface area (Å²) in [5, 5.41) is 9.53. The van der Waals surface area contributed by atoms with Crippen LogP contribution in [0.25, 0.3) is 32.2 Å². The Morgan fingerprint density at radius 1 is 1.11 bits per heavy atom. The maximum Gasteiger partial charge on any atom is 0.305 e. The number of nitrogens with zero attached hydrogens (tertiary/aromatic N) is 3. The van der Waals surface area contributed by atoms with Gasteiger partial charge in [0, 0.05) is 17.6 Å². The van der Waals surface area contributed by atoms with Crippen LogP contribution in [-0.4, -0.2) is 25.6 Å². The zero-order valence-electron chi connectivity index (χ0n) is 14.2. The van der Waals surface area contributed by atoms with Crippen LogP contribution in [0.1, 0.15) is 6.42 Å². The van der Waals surface area contributed by atoms with Gasteiger partial charge in [-0.2, -0.15) is 0 Å². The predicted octanol–water partition coefficient (Wildman–Crippen LogP) is 3.66. The number of carbonyl (C=O) groups is 1. The number of aromatic nitrogens is 3. The summed E-state index contributed by atoms with van der Waals surface area (Å²) < 4.78 is 1.40. The van der Waals surface area contributed by atoms with Gasteiger partial charge in [-0.25, -0.2) is 4.98 Å². The number of carboxylic acids is 1. The number of rotatable bonds is 5. The number of thiophene rings is 1. The van der Waals surface area contributed by atoms with Gasteiger partial charge in [-0.1, -0.05) is 36.4 Å². The largest absolute Gasteiger partial charge is 0.481 e. The van der Waals surface area contributed by atoms with Crippen molar-refractivity contribution < 1.29 is 9.90 Å². The van der Waals surface area contributed by atoms with Crippen LogP contribution in [0.2, 0.25) is 0 Å². The van der Waals surface area contributed by atoms with Gasteiger partial charge in [-0.15, -0.1) is 11.3 Å². The Labute approximate surface area is 158 Å². The topological polar surface area (TPSA) is 85.1 Å². The Bertz CT molecular complexity index is 1170. The Hall–Kier alpha value is -3.32. The third-order valence-electron chi connectivity index (χ3n) is 4.15. The van der Waals surface area contributed by atoms with Gasteiger partial charge in [0.2, 0.25) is 0 Å². The lowest BCUT2D eigenvalue weighted by Gasteiger charge is -2.10. The second kappa shape index (κ2) is 7.13. The molecule has 0 bridgehead atoms. The summed E-state index contributed by atoms with van der Waals surface area (Å²) in [5.74, 6) is -0.583. The lowest BCUT2D eigenvalue weighted by atomic mass is 10.2. The molecule has 3 heterocycles. The molecule has 0 saturated heterocycles. The molecule has 0 spiro atoms. The molecule has 0 fully saturated rings. The summed E-state index contributed by atoms with van der Waals surface area (Å²) in [5.41, 5.74) is 1.30. The standard InChI is InChI=1S/C20H15N3O3S/c24-17(25)9-11-23-18(15-8-4-5-10-21-15)22-19-14(20(23)26)12-16(27-19)13-6-2-1-3-7-13/h1-8,10,12H,9,11H2,(H,24,25). The minimum absolute atomic E-state index is 0.0412. The van der Waals surface area contributed by atoms with Gasteiger partial charge in [0.25, 0.3) is 5.56 Å². The van der Waals surface area contributed by atoms with E-state index in [9.17, 15) is 9.59 Å². The van der Waals surface area contributed by atoms with Crippen LogP contribution < -0.4 is 5.56 Å². The summed E-state index contributed by atoms with van der Waals surface area (Å²) in [6.07, 6.45) is 1.46. The fourth-order valence-electron chi connectivity index (χ4n) is 2.87. The Morgan fingerprint density at radius 3 is 2.59 bits per heavy atom. The smallest absolute Gasteiger partial charge is 0.305 e. The van der Waals surface area contributed by atoms with E-state index in [0.717, 1.165) is 10.4 Å². The first-order valence-electron chi connectivity index (χ1n) is 8.36. The van der Waals surface area contributed by atoms with Crippen LogP contribution in [-0.2, 0) is 11.3 Å². The molecule has 134 valence electrons. The van der Waals surface area contributed by atoms with E-state index in [1.807, 2.05) is 42.5 Å². The van der Waals surface area contributed by atoms with Crippen LogP contribution >= 0.6 is 11.3 Å². The van der Waals surface area contributed by atoms with Crippen molar-refractivity contribution in [1.29, 1.82) is 0 Å². The summed E-state index contributed by atoms with van der Waals surface area (Å²) in [6, 6.07) is 17.0. The molecule has 3 aromatic heterocycles. The molecule has 6 nitrogen and oxygen atoms in total. The number of fused-ring (bicyclic) bond motifs is 1. The van der Waals surface area contributed by atoms with E-state index in [1.165, 1.54) is 15.9 Å². The van der Waals surface area contributed by atoms with Gasteiger partial charge < -0.3 is 5.11 Å². The first-order valence-corrected chi connectivity index (χ1v) is 9.18. The number of hydrogen-bond donors (Lipinski definition) is 1. The number of carboxylic acid groups (broad SMARTS) is 1. The first kappa shape index (κ1) is 17.1. The highest BCUT2D eigenvalue weighted by molar-refractivity contribution is 7.21. The second-order valence-electron chi connectivity index (χ2n) is 5.95. The molecule has 1 aromatic carbocycles. The Kier molecular flexibility index (Phi) is 4.52. The van der Waals surface area contributed by atoms with Gasteiger partial charge in [0.05, 0.1) is 11.8 Å². The molecule has 0 aliphatic carbocycles. The van der Waals surface area contributed by atoms with Gasteiger partial charge in [0.1, 0.15) is 10.5 Å². The molecule has 0 unspecified atom stereocenters. The number of benzene rings is 1. The quantitative estimate of drug-likeness (QED) is 0.574. The molecule has 0 aliphatic heterocycles. The molecule has 0 saturated carbocycles. The van der Waals surface area contributed by atoms with Gasteiger partial charge in [0.15, 0.2) is 5.82 Å². The van der Waals surface area contributed by atoms with Crippen LogP contribution in [0.3, 0.4) is 0 Å². The summed E-state index contributed by atoms with van der Waals surface area (Å²) >= 11 is 1.44. The average Bonchev–Trinajstić information content (AvgIpc) is 3.13. The molecule has 4 rings (SSSR count). The van der Waals surface area contributed by atoms with Crippen molar-refractivity contribution in [3.8, 4) is 22.0 Å². The van der Waals surface area contributed by atoms with E-state index in [1.54, 1.807) is 18.3 Å². The maximum absolute atomic E-state index is 13.1. The molecule has 4 aromatic rings. The predicted molar refractivity (Wildman–Crippen MR) is 105 cm³/mol. The normalized spacial score (nSPS) is 11.0. The molecule has 0 aliphatic rings. The average molecular weight is 377 g/mol. The Balaban J connectivity index is 1.93. The van der Waals surface area contributed by atoms with Crippen LogP contribution in [0.5, 0.6) is 0 Å². The first-order chi connectivity index (χ1) is 13.1. The lowest BCUT2D eigenvalue weighted by molar-refractivity contribution is -0.137. The molecule has 0 amide bonds. The van der Waals surface area contributed by atoms with E-state index in [4.69, 9.17) is 5.11 Å². The van der Waals surface area contributed by atoms with Gasteiger partial charge in [-0.3, -0.25) is 19.1 Å². The monoisotopic (exact) mass is 377 g/mol. The van der Waals surface area contributed by atoms with Crippen LogP contribution in [0.15, 0.2) is 65.6 Å². The third kappa shape index (κ3) is 3.37. The molecular weight excluding hydrogens is 362 g/mol. The summed E-state index contributed by atoms with van der Waals surface area (Å²) in [6.45, 7) is 0.0412. The Morgan fingerprint density at radius 2 is 1.89 bits per heavy atom. The highest BCUT2D eigenvalue weighted by Gasteiger charge is 2.17. The van der Waals surface area contributed by atoms with Crippen molar-refractivity contribution in [1.82, 2.24) is 14.5 Å². The van der Waals surface area contributed by atoms with E-state index in [0.29, 0.717) is 21.7 Å². The van der Waals surface area contributed by atoms with Crippen LogP contribution in [0, 0.1) is 0 Å². The molecule has 0 atom stereocenters. The van der Waals surface area contributed by atoms with E-state index in [2.05, 4.69) is 9.97 Å². The summed E-state index contributed by atoms with van der Waals surface area (Å²) in [7, 11) is 0. The maximum atomic E-state index is 13.1.